The molecular formula is C12H2F25O3P. The van der Waals surface area contributed by atoms with Crippen LogP contribution in [0.2, 0.25) is 0 Å². The molecule has 0 amide bonds. The van der Waals surface area contributed by atoms with Gasteiger partial charge in [0.1, 0.15) is 0 Å². The van der Waals surface area contributed by atoms with E-state index in [4.69, 9.17) is 9.79 Å². The SMILES string of the molecule is O=P(O)(O)C(F)(F)C(F)(F)C(F)(F)C(F)(F)C(F)(F)C(F)(F)C(F)(F)C(F)(F)C(F)(F)C(F)(F)C(F)(F)C(F)(F)F. The number of alkyl halides is 25. The van der Waals surface area contributed by atoms with E-state index in [1.807, 2.05) is 0 Å². The molecule has 29 heteroatoms. The highest BCUT2D eigenvalue weighted by Crippen LogP contribution is 2.70. The monoisotopic (exact) mass is 700 g/mol. The van der Waals surface area contributed by atoms with Gasteiger partial charge in [-0.3, -0.25) is 4.57 Å². The first-order valence-corrected chi connectivity index (χ1v) is 9.89. The zero-order chi connectivity index (χ0) is 34.5. The Hall–Kier alpha value is -1.60. The largest absolute Gasteiger partial charge is 0.460 e. The number of rotatable bonds is 11. The van der Waals surface area contributed by atoms with Crippen molar-refractivity contribution in [3.8, 4) is 0 Å². The Balaban J connectivity index is 7.43. The van der Waals surface area contributed by atoms with Gasteiger partial charge in [0.05, 0.1) is 0 Å². The van der Waals surface area contributed by atoms with Crippen LogP contribution in [0.4, 0.5) is 110 Å². The molecule has 0 aliphatic rings. The fourth-order valence-corrected chi connectivity index (χ4v) is 2.63. The highest BCUT2D eigenvalue weighted by atomic mass is 31.2. The summed E-state index contributed by atoms with van der Waals surface area (Å²) in [5.41, 5.74) is -8.08. The van der Waals surface area contributed by atoms with E-state index in [9.17, 15) is 114 Å². The van der Waals surface area contributed by atoms with Gasteiger partial charge in [-0.1, -0.05) is 0 Å². The van der Waals surface area contributed by atoms with Gasteiger partial charge in [-0.15, -0.1) is 0 Å². The summed E-state index contributed by atoms with van der Waals surface area (Å²) >= 11 is 0. The highest BCUT2D eigenvalue weighted by Gasteiger charge is 3.00. The van der Waals surface area contributed by atoms with Crippen LogP contribution in [0.1, 0.15) is 0 Å². The van der Waals surface area contributed by atoms with Crippen LogP contribution in [0.3, 0.4) is 0 Å². The maximum Gasteiger partial charge on any atom is 0.460 e. The molecule has 41 heavy (non-hydrogen) atoms. The van der Waals surface area contributed by atoms with Crippen LogP contribution < -0.4 is 0 Å². The van der Waals surface area contributed by atoms with Crippen LogP contribution in [0, 0.1) is 0 Å². The van der Waals surface area contributed by atoms with E-state index in [0.29, 0.717) is 0 Å². The Morgan fingerprint density at radius 3 is 0.585 bits per heavy atom. The summed E-state index contributed by atoms with van der Waals surface area (Å²) in [5, 5.41) is 0. The summed E-state index contributed by atoms with van der Waals surface area (Å²) < 4.78 is 337. The average molecular weight is 700 g/mol. The van der Waals surface area contributed by atoms with Gasteiger partial charge in [-0.25, -0.2) is 0 Å². The normalized spacial score (nSPS) is 17.2. The second-order valence-electron chi connectivity index (χ2n) is 7.33. The molecule has 0 atom stereocenters. The van der Waals surface area contributed by atoms with Crippen LogP contribution in [-0.2, 0) is 4.57 Å². The third kappa shape index (κ3) is 4.49. The molecular weight excluding hydrogens is 698 g/mol. The molecule has 0 aromatic rings. The summed E-state index contributed by atoms with van der Waals surface area (Å²) in [6, 6.07) is 0. The molecule has 0 heterocycles. The topological polar surface area (TPSA) is 57.5 Å². The van der Waals surface area contributed by atoms with Gasteiger partial charge >= 0.3 is 78.7 Å². The lowest BCUT2D eigenvalue weighted by atomic mass is 9.85. The summed E-state index contributed by atoms with van der Waals surface area (Å²) in [7, 11) is -8.32. The van der Waals surface area contributed by atoms with Gasteiger partial charge < -0.3 is 9.79 Å². The molecule has 3 nitrogen and oxygen atoms in total. The van der Waals surface area contributed by atoms with E-state index in [2.05, 4.69) is 0 Å². The smallest absolute Gasteiger partial charge is 0.320 e. The fraction of sp³-hybridized carbons (Fsp3) is 1.00. The molecule has 0 radical (unpaired) electrons. The molecule has 0 bridgehead atoms. The van der Waals surface area contributed by atoms with Gasteiger partial charge in [-0.05, 0) is 0 Å². The maximum absolute atomic E-state index is 13.5. The molecule has 0 fully saturated rings. The molecule has 0 aliphatic heterocycles. The van der Waals surface area contributed by atoms with Crippen LogP contribution >= 0.6 is 7.60 Å². The minimum Gasteiger partial charge on any atom is -0.320 e. The van der Waals surface area contributed by atoms with Crippen molar-refractivity contribution in [2.45, 2.75) is 71.1 Å². The first kappa shape index (κ1) is 39.4. The molecule has 2 N–H and O–H groups in total. The number of halogens is 25. The van der Waals surface area contributed by atoms with Gasteiger partial charge in [-0.2, -0.15) is 110 Å². The third-order valence-corrected chi connectivity index (χ3v) is 5.66. The molecule has 0 aromatic carbocycles. The number of hydrogen-bond donors (Lipinski definition) is 2. The van der Waals surface area contributed by atoms with E-state index in [1.165, 1.54) is 0 Å². The Morgan fingerprint density at radius 1 is 0.293 bits per heavy atom. The quantitative estimate of drug-likeness (QED) is 0.172. The standard InChI is InChI=1S/C12H2F25O3P/c13-1(14,3(17,18)5(21,22)7(25,26)9(29,30)11(33,34)35)2(15,16)4(19,20)6(23,24)8(27,28)10(31,32)12(36,37)41(38,39)40/h(H2,38,39,40). The van der Waals surface area contributed by atoms with Crippen LogP contribution in [0.25, 0.3) is 0 Å². The van der Waals surface area contributed by atoms with E-state index in [0.717, 1.165) is 0 Å². The van der Waals surface area contributed by atoms with E-state index < -0.39 is 78.7 Å². The van der Waals surface area contributed by atoms with Crippen molar-refractivity contribution in [1.82, 2.24) is 0 Å². The second-order valence-corrected chi connectivity index (χ2v) is 8.98. The van der Waals surface area contributed by atoms with E-state index >= 15 is 0 Å². The minimum absolute atomic E-state index is 7.85. The first-order chi connectivity index (χ1) is 17.0. The molecule has 0 saturated heterocycles. The molecule has 0 aliphatic carbocycles. The lowest BCUT2D eigenvalue weighted by Gasteiger charge is -2.45. The summed E-state index contributed by atoms with van der Waals surface area (Å²) in [6.45, 7) is 0. The Bertz CT molecular complexity index is 1030. The fourth-order valence-electron chi connectivity index (χ4n) is 2.13. The van der Waals surface area contributed by atoms with Gasteiger partial charge in [0.15, 0.2) is 0 Å². The first-order valence-electron chi connectivity index (χ1n) is 8.28. The molecule has 0 aromatic heterocycles. The minimum atomic E-state index is -9.74. The van der Waals surface area contributed by atoms with Crippen molar-refractivity contribution in [3.05, 3.63) is 0 Å². The highest BCUT2D eigenvalue weighted by molar-refractivity contribution is 7.53. The van der Waals surface area contributed by atoms with Crippen molar-refractivity contribution in [1.29, 1.82) is 0 Å². The third-order valence-electron chi connectivity index (χ3n) is 4.65. The summed E-state index contributed by atoms with van der Waals surface area (Å²) in [5.74, 6) is -93.7. The molecule has 0 unspecified atom stereocenters. The molecule has 0 saturated carbocycles. The average Bonchev–Trinajstić information content (AvgIpc) is 2.70. The lowest BCUT2D eigenvalue weighted by molar-refractivity contribution is -0.480. The van der Waals surface area contributed by atoms with Crippen LogP contribution in [0.15, 0.2) is 0 Å². The van der Waals surface area contributed by atoms with Crippen molar-refractivity contribution in [3.63, 3.8) is 0 Å². The van der Waals surface area contributed by atoms with Gasteiger partial charge in [0.2, 0.25) is 0 Å². The Labute approximate surface area is 204 Å². The second kappa shape index (κ2) is 9.20. The zero-order valence-corrected chi connectivity index (χ0v) is 18.1. The Morgan fingerprint density at radius 2 is 0.439 bits per heavy atom. The summed E-state index contributed by atoms with van der Waals surface area (Å²) in [4.78, 5) is 15.7. The van der Waals surface area contributed by atoms with Crippen LogP contribution in [-0.4, -0.2) is 80.9 Å². The van der Waals surface area contributed by atoms with Gasteiger partial charge in [0.25, 0.3) is 0 Å². The van der Waals surface area contributed by atoms with Crippen molar-refractivity contribution in [2.75, 3.05) is 0 Å². The van der Waals surface area contributed by atoms with E-state index in [-0.39, 0.29) is 0 Å². The summed E-state index contributed by atoms with van der Waals surface area (Å²) in [6.07, 6.45) is -8.22. The predicted octanol–water partition coefficient (Wildman–Crippen LogP) is 7.67. The van der Waals surface area contributed by atoms with E-state index in [1.54, 1.807) is 0 Å². The van der Waals surface area contributed by atoms with Crippen molar-refractivity contribution < 1.29 is 124 Å². The van der Waals surface area contributed by atoms with Crippen molar-refractivity contribution >= 4 is 7.60 Å². The number of hydrogen-bond acceptors (Lipinski definition) is 1. The maximum atomic E-state index is 13.5. The molecule has 0 spiro atoms. The van der Waals surface area contributed by atoms with Crippen LogP contribution in [0.5, 0.6) is 0 Å². The molecule has 0 rings (SSSR count). The zero-order valence-electron chi connectivity index (χ0n) is 17.2. The van der Waals surface area contributed by atoms with Crippen molar-refractivity contribution in [2.24, 2.45) is 0 Å². The van der Waals surface area contributed by atoms with Gasteiger partial charge in [0, 0.05) is 0 Å². The lowest BCUT2D eigenvalue weighted by Crippen LogP contribution is -2.78. The predicted molar refractivity (Wildman–Crippen MR) is 72.5 cm³/mol. The molecule has 248 valence electrons. The Kier molecular flexibility index (Phi) is 8.84.